The van der Waals surface area contributed by atoms with Crippen molar-refractivity contribution >= 4 is 21.6 Å². The maximum Gasteiger partial charge on any atom is 0.283 e. The second-order valence-corrected chi connectivity index (χ2v) is 4.62. The Kier molecular flexibility index (Phi) is 3.60. The van der Waals surface area contributed by atoms with Crippen LogP contribution in [0, 0.1) is 0 Å². The number of hydrogen-bond acceptors (Lipinski definition) is 4. The highest BCUT2D eigenvalue weighted by Crippen LogP contribution is 2.18. The molecule has 2 N–H and O–H groups in total. The van der Waals surface area contributed by atoms with Gasteiger partial charge in [-0.1, -0.05) is 0 Å². The highest BCUT2D eigenvalue weighted by Gasteiger charge is 2.16. The number of nitrogens with zero attached hydrogens (tertiary/aromatic N) is 2. The lowest BCUT2D eigenvalue weighted by molar-refractivity contribution is 0.611. The molecule has 1 aliphatic rings. The Morgan fingerprint density at radius 1 is 1.75 bits per heavy atom. The van der Waals surface area contributed by atoms with Gasteiger partial charge in [0.1, 0.15) is 4.47 Å². The van der Waals surface area contributed by atoms with Crippen molar-refractivity contribution in [2.24, 2.45) is 0 Å². The van der Waals surface area contributed by atoms with E-state index in [0.29, 0.717) is 17.1 Å². The van der Waals surface area contributed by atoms with Gasteiger partial charge in [-0.2, -0.15) is 5.10 Å². The smallest absolute Gasteiger partial charge is 0.283 e. The fourth-order valence-electron chi connectivity index (χ4n) is 1.79. The summed E-state index contributed by atoms with van der Waals surface area (Å²) in [6.45, 7) is 4.44. The lowest BCUT2D eigenvalue weighted by atomic mass is 10.2. The number of rotatable bonds is 3. The summed E-state index contributed by atoms with van der Waals surface area (Å²) in [7, 11) is 0. The van der Waals surface area contributed by atoms with Crippen LogP contribution in [0.1, 0.15) is 13.3 Å². The van der Waals surface area contributed by atoms with Crippen molar-refractivity contribution in [3.8, 4) is 0 Å². The lowest BCUT2D eigenvalue weighted by Crippen LogP contribution is -2.27. The topological polar surface area (TPSA) is 59.0 Å². The zero-order valence-electron chi connectivity index (χ0n) is 9.16. The van der Waals surface area contributed by atoms with Gasteiger partial charge in [-0.25, -0.2) is 4.68 Å². The Morgan fingerprint density at radius 3 is 3.19 bits per heavy atom. The summed E-state index contributed by atoms with van der Waals surface area (Å²) in [6, 6.07) is 0.384. The number of aromatic nitrogens is 2. The number of anilines is 1. The van der Waals surface area contributed by atoms with E-state index in [4.69, 9.17) is 0 Å². The average Bonchev–Trinajstić information content (AvgIpc) is 2.78. The van der Waals surface area contributed by atoms with Gasteiger partial charge in [0.25, 0.3) is 5.56 Å². The maximum atomic E-state index is 11.8. The number of halogens is 1. The predicted octanol–water partition coefficient (Wildman–Crippen LogP) is 0.800. The van der Waals surface area contributed by atoms with Crippen LogP contribution < -0.4 is 16.2 Å². The number of hydrogen-bond donors (Lipinski definition) is 2. The van der Waals surface area contributed by atoms with E-state index in [-0.39, 0.29) is 5.56 Å². The Bertz CT molecular complexity index is 425. The van der Waals surface area contributed by atoms with E-state index in [1.165, 1.54) is 4.68 Å². The highest BCUT2D eigenvalue weighted by atomic mass is 79.9. The first-order valence-corrected chi connectivity index (χ1v) is 6.24. The van der Waals surface area contributed by atoms with Gasteiger partial charge in [-0.05, 0) is 35.8 Å². The molecule has 0 amide bonds. The normalized spacial score (nSPS) is 20.0. The molecule has 2 rings (SSSR count). The molecule has 0 radical (unpaired) electrons. The molecule has 88 valence electrons. The van der Waals surface area contributed by atoms with Crippen LogP contribution in [0.4, 0.5) is 5.69 Å². The molecule has 2 heterocycles. The van der Waals surface area contributed by atoms with Crippen LogP contribution in [-0.2, 0) is 6.54 Å². The van der Waals surface area contributed by atoms with E-state index >= 15 is 0 Å². The second-order valence-electron chi connectivity index (χ2n) is 3.83. The van der Waals surface area contributed by atoms with E-state index in [2.05, 4.69) is 31.7 Å². The van der Waals surface area contributed by atoms with Crippen molar-refractivity contribution in [3.63, 3.8) is 0 Å². The van der Waals surface area contributed by atoms with Crippen molar-refractivity contribution in [3.05, 3.63) is 21.0 Å². The van der Waals surface area contributed by atoms with Gasteiger partial charge in [0.2, 0.25) is 0 Å². The Hall–Kier alpha value is -0.880. The summed E-state index contributed by atoms with van der Waals surface area (Å²) in [5.74, 6) is 0. The molecule has 1 aromatic heterocycles. The van der Waals surface area contributed by atoms with Gasteiger partial charge in [-0.15, -0.1) is 0 Å². The first kappa shape index (κ1) is 11.6. The fourth-order valence-corrected chi connectivity index (χ4v) is 2.21. The van der Waals surface area contributed by atoms with Gasteiger partial charge in [0, 0.05) is 19.1 Å². The number of nitrogens with one attached hydrogen (secondary N) is 2. The second kappa shape index (κ2) is 4.97. The van der Waals surface area contributed by atoms with Crippen LogP contribution in [0.3, 0.4) is 0 Å². The first-order valence-electron chi connectivity index (χ1n) is 5.45. The van der Waals surface area contributed by atoms with Crippen LogP contribution >= 0.6 is 15.9 Å². The van der Waals surface area contributed by atoms with Crippen molar-refractivity contribution < 1.29 is 0 Å². The molecule has 1 atom stereocenters. The van der Waals surface area contributed by atoms with Crippen molar-refractivity contribution in [2.75, 3.05) is 18.4 Å². The van der Waals surface area contributed by atoms with Crippen LogP contribution in [0.2, 0.25) is 0 Å². The fraction of sp³-hybridized carbons (Fsp3) is 0.600. The van der Waals surface area contributed by atoms with E-state index in [9.17, 15) is 4.79 Å². The van der Waals surface area contributed by atoms with Crippen molar-refractivity contribution in [2.45, 2.75) is 25.9 Å². The molecule has 1 fully saturated rings. The Balaban J connectivity index is 2.21. The molecule has 1 aliphatic heterocycles. The van der Waals surface area contributed by atoms with E-state index in [0.717, 1.165) is 25.2 Å². The van der Waals surface area contributed by atoms with Crippen LogP contribution in [0.15, 0.2) is 15.5 Å². The molecular weight excluding hydrogens is 272 g/mol. The minimum atomic E-state index is -0.0848. The van der Waals surface area contributed by atoms with Gasteiger partial charge in [0.05, 0.1) is 11.9 Å². The minimum Gasteiger partial charge on any atom is -0.379 e. The molecule has 0 aliphatic carbocycles. The third-order valence-corrected chi connectivity index (χ3v) is 3.47. The average molecular weight is 287 g/mol. The summed E-state index contributed by atoms with van der Waals surface area (Å²) in [4.78, 5) is 11.8. The van der Waals surface area contributed by atoms with Crippen molar-refractivity contribution in [1.82, 2.24) is 15.1 Å². The predicted molar refractivity (Wildman–Crippen MR) is 66.8 cm³/mol. The molecule has 1 aromatic rings. The lowest BCUT2D eigenvalue weighted by Gasteiger charge is -2.14. The summed E-state index contributed by atoms with van der Waals surface area (Å²) < 4.78 is 2.00. The molecule has 0 aromatic carbocycles. The first-order chi connectivity index (χ1) is 7.72. The van der Waals surface area contributed by atoms with Crippen molar-refractivity contribution in [1.29, 1.82) is 0 Å². The SMILES string of the molecule is CCn1ncc(NC2CCNC2)c(Br)c1=O. The molecule has 1 saturated heterocycles. The Labute approximate surface area is 102 Å². The standard InChI is InChI=1S/C10H15BrN4O/c1-2-15-10(16)9(11)8(6-13-15)14-7-3-4-12-5-7/h6-7,12,14H,2-5H2,1H3. The monoisotopic (exact) mass is 286 g/mol. The summed E-state index contributed by atoms with van der Waals surface area (Å²) >= 11 is 3.32. The number of aryl methyl sites for hydroxylation is 1. The summed E-state index contributed by atoms with van der Waals surface area (Å²) in [5.41, 5.74) is 0.696. The molecule has 16 heavy (non-hydrogen) atoms. The van der Waals surface area contributed by atoms with Gasteiger partial charge in [0.15, 0.2) is 0 Å². The maximum absolute atomic E-state index is 11.8. The zero-order chi connectivity index (χ0) is 11.5. The third kappa shape index (κ3) is 2.27. The minimum absolute atomic E-state index is 0.0848. The largest absolute Gasteiger partial charge is 0.379 e. The van der Waals surface area contributed by atoms with Crippen LogP contribution in [-0.4, -0.2) is 28.9 Å². The third-order valence-electron chi connectivity index (χ3n) is 2.70. The zero-order valence-corrected chi connectivity index (χ0v) is 10.7. The quantitative estimate of drug-likeness (QED) is 0.863. The molecule has 0 saturated carbocycles. The van der Waals surface area contributed by atoms with E-state index in [1.807, 2.05) is 6.92 Å². The molecule has 1 unspecified atom stereocenters. The highest BCUT2D eigenvalue weighted by molar-refractivity contribution is 9.10. The molecule has 0 bridgehead atoms. The molecule has 5 nitrogen and oxygen atoms in total. The Morgan fingerprint density at radius 2 is 2.56 bits per heavy atom. The van der Waals surface area contributed by atoms with Gasteiger partial charge >= 0.3 is 0 Å². The molecular formula is C10H15BrN4O. The van der Waals surface area contributed by atoms with Crippen LogP contribution in [0.25, 0.3) is 0 Å². The van der Waals surface area contributed by atoms with E-state index < -0.39 is 0 Å². The van der Waals surface area contributed by atoms with Gasteiger partial charge < -0.3 is 10.6 Å². The summed E-state index contributed by atoms with van der Waals surface area (Å²) in [6.07, 6.45) is 2.77. The molecule has 6 heteroatoms. The van der Waals surface area contributed by atoms with Crippen LogP contribution in [0.5, 0.6) is 0 Å². The van der Waals surface area contributed by atoms with E-state index in [1.54, 1.807) is 6.20 Å². The summed E-state index contributed by atoms with van der Waals surface area (Å²) in [5, 5.41) is 10.7. The molecule has 0 spiro atoms. The van der Waals surface area contributed by atoms with Gasteiger partial charge in [-0.3, -0.25) is 4.79 Å².